The number of phenols is 1. The highest BCUT2D eigenvalue weighted by Gasteiger charge is 2.05. The van der Waals surface area contributed by atoms with Crippen LogP contribution in [0.3, 0.4) is 0 Å². The van der Waals surface area contributed by atoms with E-state index in [1.54, 1.807) is 12.1 Å². The molecule has 0 aliphatic carbocycles. The van der Waals surface area contributed by atoms with Crippen molar-refractivity contribution in [3.63, 3.8) is 0 Å². The van der Waals surface area contributed by atoms with Gasteiger partial charge in [0.25, 0.3) is 0 Å². The van der Waals surface area contributed by atoms with E-state index in [-0.39, 0.29) is 12.2 Å². The van der Waals surface area contributed by atoms with Crippen LogP contribution in [0.15, 0.2) is 18.2 Å². The Morgan fingerprint density at radius 3 is 2.80 bits per heavy atom. The van der Waals surface area contributed by atoms with E-state index in [0.717, 1.165) is 5.56 Å². The van der Waals surface area contributed by atoms with Gasteiger partial charge in [0, 0.05) is 6.42 Å². The molecule has 0 amide bonds. The molecule has 82 valence electrons. The number of ether oxygens (including phenoxy) is 1. The van der Waals surface area contributed by atoms with E-state index < -0.39 is 5.97 Å². The first-order chi connectivity index (χ1) is 7.13. The highest BCUT2D eigenvalue weighted by Crippen LogP contribution is 2.27. The Balaban J connectivity index is 2.73. The number of carboxylic acids is 1. The number of halogens is 1. The van der Waals surface area contributed by atoms with Gasteiger partial charge >= 0.3 is 5.97 Å². The Labute approximate surface area is 101 Å². The second-order valence-corrected chi connectivity index (χ2v) is 3.57. The first-order valence-corrected chi connectivity index (χ1v) is 5.88. The largest absolute Gasteiger partial charge is 0.504 e. The highest BCUT2D eigenvalue weighted by molar-refractivity contribution is 14.1. The molecule has 0 heterocycles. The Morgan fingerprint density at radius 2 is 2.20 bits per heavy atom. The zero-order valence-corrected chi connectivity index (χ0v) is 10.1. The SMILES string of the molecule is O=C(O)CCc1ccc(O)c(OCI)c1. The highest BCUT2D eigenvalue weighted by atomic mass is 127. The molecule has 0 unspecified atom stereocenters. The van der Waals surface area contributed by atoms with Crippen LogP contribution < -0.4 is 4.74 Å². The lowest BCUT2D eigenvalue weighted by Gasteiger charge is -2.06. The molecule has 0 saturated carbocycles. The van der Waals surface area contributed by atoms with Crippen molar-refractivity contribution >= 4 is 28.6 Å². The van der Waals surface area contributed by atoms with Crippen LogP contribution in [0.5, 0.6) is 11.5 Å². The fourth-order valence-corrected chi connectivity index (χ4v) is 1.48. The molecular formula is C10H11IO4. The summed E-state index contributed by atoms with van der Waals surface area (Å²) in [5.74, 6) is -0.363. The average molecular weight is 322 g/mol. The summed E-state index contributed by atoms with van der Waals surface area (Å²) in [7, 11) is 0. The summed E-state index contributed by atoms with van der Waals surface area (Å²) in [5.41, 5.74) is 0.843. The number of carboxylic acid groups (broad SMARTS) is 1. The number of carbonyl (C=O) groups is 1. The minimum absolute atomic E-state index is 0.0748. The second kappa shape index (κ2) is 5.79. The van der Waals surface area contributed by atoms with Crippen LogP contribution in [0.25, 0.3) is 0 Å². The Kier molecular flexibility index (Phi) is 4.67. The van der Waals surface area contributed by atoms with Crippen molar-refractivity contribution < 1.29 is 19.7 Å². The lowest BCUT2D eigenvalue weighted by molar-refractivity contribution is -0.136. The molecule has 0 aromatic heterocycles. The number of hydrogen-bond donors (Lipinski definition) is 2. The quantitative estimate of drug-likeness (QED) is 0.644. The summed E-state index contributed by atoms with van der Waals surface area (Å²) in [5, 5.41) is 17.9. The summed E-state index contributed by atoms with van der Waals surface area (Å²) in [6.45, 7) is 0. The first kappa shape index (κ1) is 12.1. The maximum atomic E-state index is 10.4. The molecule has 1 aromatic rings. The standard InChI is InChI=1S/C10H11IO4/c11-6-15-9-5-7(1-3-8(9)12)2-4-10(13)14/h1,3,5,12H,2,4,6H2,(H,13,14). The number of benzene rings is 1. The third-order valence-electron chi connectivity index (χ3n) is 1.86. The molecule has 1 aromatic carbocycles. The average Bonchev–Trinajstić information content (AvgIpc) is 2.19. The molecule has 0 atom stereocenters. The topological polar surface area (TPSA) is 66.8 Å². The molecule has 0 aliphatic heterocycles. The summed E-state index contributed by atoms with van der Waals surface area (Å²) >= 11 is 2.02. The molecule has 2 N–H and O–H groups in total. The molecular weight excluding hydrogens is 311 g/mol. The number of hydrogen-bond acceptors (Lipinski definition) is 3. The molecule has 0 spiro atoms. The van der Waals surface area contributed by atoms with Crippen molar-refractivity contribution in [1.29, 1.82) is 0 Å². The van der Waals surface area contributed by atoms with Gasteiger partial charge in [0.1, 0.15) is 4.61 Å². The maximum Gasteiger partial charge on any atom is 0.303 e. The maximum absolute atomic E-state index is 10.4. The van der Waals surface area contributed by atoms with Crippen LogP contribution in [0.2, 0.25) is 0 Å². The van der Waals surface area contributed by atoms with E-state index in [1.807, 2.05) is 22.6 Å². The van der Waals surface area contributed by atoms with E-state index >= 15 is 0 Å². The Bertz CT molecular complexity index is 351. The van der Waals surface area contributed by atoms with E-state index in [1.165, 1.54) is 6.07 Å². The third kappa shape index (κ3) is 3.94. The van der Waals surface area contributed by atoms with Gasteiger partial charge in [-0.2, -0.15) is 0 Å². The number of aliphatic carboxylic acids is 1. The number of aromatic hydroxyl groups is 1. The molecule has 1 rings (SSSR count). The van der Waals surface area contributed by atoms with E-state index in [9.17, 15) is 9.90 Å². The predicted molar refractivity (Wildman–Crippen MR) is 63.6 cm³/mol. The van der Waals surface area contributed by atoms with E-state index in [2.05, 4.69) is 0 Å². The predicted octanol–water partition coefficient (Wildman–Crippen LogP) is 2.18. The molecule has 15 heavy (non-hydrogen) atoms. The smallest absolute Gasteiger partial charge is 0.303 e. The van der Waals surface area contributed by atoms with Crippen LogP contribution in [0, 0.1) is 0 Å². The first-order valence-electron chi connectivity index (χ1n) is 4.36. The molecule has 0 radical (unpaired) electrons. The van der Waals surface area contributed by atoms with Crippen LogP contribution >= 0.6 is 22.6 Å². The van der Waals surface area contributed by atoms with Gasteiger partial charge in [0.15, 0.2) is 11.5 Å². The monoisotopic (exact) mass is 322 g/mol. The van der Waals surface area contributed by atoms with Crippen LogP contribution in [0.1, 0.15) is 12.0 Å². The van der Waals surface area contributed by atoms with Gasteiger partial charge in [-0.1, -0.05) is 6.07 Å². The molecule has 0 saturated heterocycles. The molecule has 0 fully saturated rings. The minimum Gasteiger partial charge on any atom is -0.504 e. The van der Waals surface area contributed by atoms with Crippen molar-refractivity contribution in [3.05, 3.63) is 23.8 Å². The minimum atomic E-state index is -0.834. The van der Waals surface area contributed by atoms with Gasteiger partial charge in [-0.25, -0.2) is 0 Å². The zero-order chi connectivity index (χ0) is 11.3. The fourth-order valence-electron chi connectivity index (χ4n) is 1.14. The Morgan fingerprint density at radius 1 is 1.47 bits per heavy atom. The normalized spacial score (nSPS) is 9.93. The zero-order valence-electron chi connectivity index (χ0n) is 7.94. The summed E-state index contributed by atoms with van der Waals surface area (Å²) in [4.78, 5) is 10.4. The van der Waals surface area contributed by atoms with Gasteiger partial charge < -0.3 is 14.9 Å². The summed E-state index contributed by atoms with van der Waals surface area (Å²) < 4.78 is 5.61. The van der Waals surface area contributed by atoms with Crippen molar-refractivity contribution in [2.45, 2.75) is 12.8 Å². The van der Waals surface area contributed by atoms with Crippen LogP contribution in [-0.4, -0.2) is 20.8 Å². The Hall–Kier alpha value is -0.980. The van der Waals surface area contributed by atoms with Crippen molar-refractivity contribution in [2.75, 3.05) is 4.61 Å². The number of rotatable bonds is 5. The van der Waals surface area contributed by atoms with Gasteiger partial charge in [-0.05, 0) is 46.7 Å². The fraction of sp³-hybridized carbons (Fsp3) is 0.300. The van der Waals surface area contributed by atoms with Crippen LogP contribution in [-0.2, 0) is 11.2 Å². The molecule has 0 aliphatic rings. The lowest BCUT2D eigenvalue weighted by atomic mass is 10.1. The van der Waals surface area contributed by atoms with E-state index in [0.29, 0.717) is 16.8 Å². The summed E-state index contributed by atoms with van der Waals surface area (Å²) in [6, 6.07) is 4.87. The van der Waals surface area contributed by atoms with Crippen LogP contribution in [0.4, 0.5) is 0 Å². The number of aryl methyl sites for hydroxylation is 1. The van der Waals surface area contributed by atoms with Crippen molar-refractivity contribution in [1.82, 2.24) is 0 Å². The lowest BCUT2D eigenvalue weighted by Crippen LogP contribution is -1.98. The van der Waals surface area contributed by atoms with Gasteiger partial charge in [-0.3, -0.25) is 4.79 Å². The van der Waals surface area contributed by atoms with Gasteiger partial charge in [0.2, 0.25) is 0 Å². The second-order valence-electron chi connectivity index (χ2n) is 2.95. The molecule has 4 nitrogen and oxygen atoms in total. The van der Waals surface area contributed by atoms with Crippen molar-refractivity contribution in [2.24, 2.45) is 0 Å². The number of alkyl halides is 1. The van der Waals surface area contributed by atoms with Gasteiger partial charge in [0.05, 0.1) is 0 Å². The molecule has 5 heteroatoms. The van der Waals surface area contributed by atoms with Gasteiger partial charge in [-0.15, -0.1) is 0 Å². The number of phenolic OH excluding ortho intramolecular Hbond substituents is 1. The van der Waals surface area contributed by atoms with E-state index in [4.69, 9.17) is 9.84 Å². The summed E-state index contributed by atoms with van der Waals surface area (Å²) in [6.07, 6.45) is 0.516. The van der Waals surface area contributed by atoms with Crippen molar-refractivity contribution in [3.8, 4) is 11.5 Å². The third-order valence-corrected chi connectivity index (χ3v) is 2.17. The molecule has 0 bridgehead atoms.